The van der Waals surface area contributed by atoms with Crippen LogP contribution in [0.4, 0.5) is 0 Å². The molecule has 0 atom stereocenters. The summed E-state index contributed by atoms with van der Waals surface area (Å²) in [5.74, 6) is -1.01. The second-order valence-electron chi connectivity index (χ2n) is 7.11. The molecule has 0 aliphatic heterocycles. The van der Waals surface area contributed by atoms with E-state index < -0.39 is 11.4 Å². The van der Waals surface area contributed by atoms with Crippen LogP contribution >= 0.6 is 0 Å². The van der Waals surface area contributed by atoms with Crippen molar-refractivity contribution in [2.45, 2.75) is 39.5 Å². The zero-order chi connectivity index (χ0) is 18.2. The number of amides is 1. The number of nitrogens with one attached hydrogen (secondary N) is 1. The molecule has 1 aromatic carbocycles. The predicted octanol–water partition coefficient (Wildman–Crippen LogP) is 2.90. The van der Waals surface area contributed by atoms with E-state index in [1.807, 2.05) is 45.0 Å². The second kappa shape index (κ2) is 6.35. The SMILES string of the molecule is Cc1ccc(-n2ncc(C(=O)NCC3(C(=O)O)CC3)c2C(C)C)cc1. The Morgan fingerprint density at radius 1 is 1.28 bits per heavy atom. The highest BCUT2D eigenvalue weighted by atomic mass is 16.4. The molecule has 1 heterocycles. The van der Waals surface area contributed by atoms with Gasteiger partial charge in [-0.3, -0.25) is 9.59 Å². The van der Waals surface area contributed by atoms with Crippen molar-refractivity contribution in [1.82, 2.24) is 15.1 Å². The molecule has 1 aliphatic rings. The third-order valence-corrected chi connectivity index (χ3v) is 4.77. The maximum Gasteiger partial charge on any atom is 0.311 e. The summed E-state index contributed by atoms with van der Waals surface area (Å²) in [6, 6.07) is 7.95. The fraction of sp³-hybridized carbons (Fsp3) is 0.421. The summed E-state index contributed by atoms with van der Waals surface area (Å²) in [6.07, 6.45) is 2.79. The van der Waals surface area contributed by atoms with Gasteiger partial charge in [-0.1, -0.05) is 31.5 Å². The summed E-state index contributed by atoms with van der Waals surface area (Å²) in [6.45, 7) is 6.20. The van der Waals surface area contributed by atoms with Crippen molar-refractivity contribution < 1.29 is 14.7 Å². The Morgan fingerprint density at radius 2 is 1.92 bits per heavy atom. The average Bonchev–Trinajstić information content (AvgIpc) is 3.24. The third kappa shape index (κ3) is 3.29. The normalized spacial score (nSPS) is 15.2. The minimum absolute atomic E-state index is 0.0962. The molecule has 2 N–H and O–H groups in total. The van der Waals surface area contributed by atoms with E-state index in [1.54, 1.807) is 10.9 Å². The summed E-state index contributed by atoms with van der Waals surface area (Å²) in [4.78, 5) is 23.9. The van der Waals surface area contributed by atoms with Gasteiger partial charge in [-0.25, -0.2) is 4.68 Å². The lowest BCUT2D eigenvalue weighted by molar-refractivity contribution is -0.143. The molecule has 0 unspecified atom stereocenters. The van der Waals surface area contributed by atoms with E-state index in [1.165, 1.54) is 0 Å². The number of carbonyl (C=O) groups is 2. The molecular weight excluding hydrogens is 318 g/mol. The maximum atomic E-state index is 12.6. The van der Waals surface area contributed by atoms with Gasteiger partial charge in [0.25, 0.3) is 5.91 Å². The van der Waals surface area contributed by atoms with Crippen molar-refractivity contribution in [2.24, 2.45) is 5.41 Å². The molecule has 1 fully saturated rings. The van der Waals surface area contributed by atoms with E-state index >= 15 is 0 Å². The Balaban J connectivity index is 1.85. The van der Waals surface area contributed by atoms with Gasteiger partial charge in [-0.05, 0) is 37.8 Å². The summed E-state index contributed by atoms with van der Waals surface area (Å²) in [5.41, 5.74) is 2.60. The zero-order valence-corrected chi connectivity index (χ0v) is 14.7. The molecule has 1 amide bonds. The van der Waals surface area contributed by atoms with Gasteiger partial charge >= 0.3 is 5.97 Å². The molecule has 6 heteroatoms. The Bertz CT molecular complexity index is 802. The van der Waals surface area contributed by atoms with E-state index in [9.17, 15) is 14.7 Å². The van der Waals surface area contributed by atoms with Crippen LogP contribution in [0.15, 0.2) is 30.5 Å². The van der Waals surface area contributed by atoms with Crippen LogP contribution in [-0.2, 0) is 4.79 Å². The van der Waals surface area contributed by atoms with Crippen LogP contribution in [0.2, 0.25) is 0 Å². The van der Waals surface area contributed by atoms with Gasteiger partial charge in [0.1, 0.15) is 0 Å². The van der Waals surface area contributed by atoms with Gasteiger partial charge < -0.3 is 10.4 Å². The fourth-order valence-corrected chi connectivity index (χ4v) is 2.94. The number of carboxylic acid groups (broad SMARTS) is 1. The van der Waals surface area contributed by atoms with Crippen molar-refractivity contribution in [3.63, 3.8) is 0 Å². The molecule has 0 spiro atoms. The van der Waals surface area contributed by atoms with Gasteiger partial charge in [0.2, 0.25) is 0 Å². The number of aromatic nitrogens is 2. The van der Waals surface area contributed by atoms with E-state index in [2.05, 4.69) is 10.4 Å². The number of carboxylic acids is 1. The Labute approximate surface area is 146 Å². The van der Waals surface area contributed by atoms with Crippen molar-refractivity contribution in [3.05, 3.63) is 47.3 Å². The molecular formula is C19H23N3O3. The van der Waals surface area contributed by atoms with Crippen LogP contribution < -0.4 is 5.32 Å². The molecule has 2 aromatic rings. The lowest BCUT2D eigenvalue weighted by atomic mass is 10.0. The van der Waals surface area contributed by atoms with Gasteiger partial charge in [0.15, 0.2) is 0 Å². The molecule has 6 nitrogen and oxygen atoms in total. The van der Waals surface area contributed by atoms with Gasteiger partial charge in [0.05, 0.1) is 28.6 Å². The van der Waals surface area contributed by atoms with Crippen LogP contribution in [0, 0.1) is 12.3 Å². The topological polar surface area (TPSA) is 84.2 Å². The highest BCUT2D eigenvalue weighted by Crippen LogP contribution is 2.45. The van der Waals surface area contributed by atoms with Crippen molar-refractivity contribution >= 4 is 11.9 Å². The summed E-state index contributed by atoms with van der Waals surface area (Å²) in [5, 5.41) is 16.4. The highest BCUT2D eigenvalue weighted by molar-refractivity contribution is 5.96. The van der Waals surface area contributed by atoms with E-state index in [-0.39, 0.29) is 18.4 Å². The fourth-order valence-electron chi connectivity index (χ4n) is 2.94. The van der Waals surface area contributed by atoms with Crippen LogP contribution in [0.1, 0.15) is 54.2 Å². The first kappa shape index (κ1) is 17.2. The minimum atomic E-state index is -0.841. The number of aryl methyl sites for hydroxylation is 1. The number of carbonyl (C=O) groups excluding carboxylic acids is 1. The Hall–Kier alpha value is -2.63. The summed E-state index contributed by atoms with van der Waals surface area (Å²) >= 11 is 0. The van der Waals surface area contributed by atoms with E-state index in [4.69, 9.17) is 0 Å². The summed E-state index contributed by atoms with van der Waals surface area (Å²) < 4.78 is 1.78. The quantitative estimate of drug-likeness (QED) is 0.846. The second-order valence-corrected chi connectivity index (χ2v) is 7.11. The van der Waals surface area contributed by atoms with Crippen LogP contribution in [0.3, 0.4) is 0 Å². The molecule has 0 saturated heterocycles. The first-order chi connectivity index (χ1) is 11.8. The first-order valence-electron chi connectivity index (χ1n) is 8.50. The molecule has 132 valence electrons. The lowest BCUT2D eigenvalue weighted by Gasteiger charge is -2.14. The number of rotatable bonds is 6. The summed E-state index contributed by atoms with van der Waals surface area (Å²) in [7, 11) is 0. The van der Waals surface area contributed by atoms with E-state index in [0.717, 1.165) is 16.9 Å². The smallest absolute Gasteiger partial charge is 0.311 e. The molecule has 1 aromatic heterocycles. The highest BCUT2D eigenvalue weighted by Gasteiger charge is 2.50. The molecule has 1 aliphatic carbocycles. The monoisotopic (exact) mass is 341 g/mol. The van der Waals surface area contributed by atoms with Crippen molar-refractivity contribution in [1.29, 1.82) is 0 Å². The van der Waals surface area contributed by atoms with Gasteiger partial charge in [-0.2, -0.15) is 5.10 Å². The number of aliphatic carboxylic acids is 1. The number of hydrogen-bond donors (Lipinski definition) is 2. The standard InChI is InChI=1S/C19H23N3O3/c1-12(2)16-15(17(23)20-11-19(8-9-19)18(24)25)10-21-22(16)14-6-4-13(3)5-7-14/h4-7,10,12H,8-9,11H2,1-3H3,(H,20,23)(H,24,25). The molecule has 0 bridgehead atoms. The minimum Gasteiger partial charge on any atom is -0.481 e. The molecule has 1 saturated carbocycles. The van der Waals surface area contributed by atoms with Gasteiger partial charge in [0, 0.05) is 6.54 Å². The van der Waals surface area contributed by atoms with Crippen molar-refractivity contribution in [2.75, 3.05) is 6.54 Å². The van der Waals surface area contributed by atoms with Crippen LogP contribution in [0.25, 0.3) is 5.69 Å². The number of hydrogen-bond acceptors (Lipinski definition) is 3. The molecule has 3 rings (SSSR count). The average molecular weight is 341 g/mol. The predicted molar refractivity (Wildman–Crippen MR) is 94.0 cm³/mol. The lowest BCUT2D eigenvalue weighted by Crippen LogP contribution is -2.34. The third-order valence-electron chi connectivity index (χ3n) is 4.77. The van der Waals surface area contributed by atoms with Gasteiger partial charge in [-0.15, -0.1) is 0 Å². The Kier molecular flexibility index (Phi) is 4.37. The molecule has 0 radical (unpaired) electrons. The Morgan fingerprint density at radius 3 is 2.44 bits per heavy atom. The number of benzene rings is 1. The largest absolute Gasteiger partial charge is 0.481 e. The molecule has 25 heavy (non-hydrogen) atoms. The van der Waals surface area contributed by atoms with Crippen molar-refractivity contribution in [3.8, 4) is 5.69 Å². The first-order valence-corrected chi connectivity index (χ1v) is 8.50. The van der Waals surface area contributed by atoms with Crippen LogP contribution in [-0.4, -0.2) is 33.3 Å². The number of nitrogens with zero attached hydrogens (tertiary/aromatic N) is 2. The zero-order valence-electron chi connectivity index (χ0n) is 14.7. The van der Waals surface area contributed by atoms with Crippen LogP contribution in [0.5, 0.6) is 0 Å². The maximum absolute atomic E-state index is 12.6. The van der Waals surface area contributed by atoms with E-state index in [0.29, 0.717) is 18.4 Å².